The molecule has 1 aliphatic heterocycles. The third-order valence-electron chi connectivity index (χ3n) is 14.1. The number of nitrogens with one attached hydrogen (secondary N) is 1. The van der Waals surface area contributed by atoms with Crippen molar-refractivity contribution in [3.8, 4) is 0 Å². The molecule has 0 aromatic rings. The number of aliphatic hydroxyl groups is 6. The molecule has 10 heteroatoms. The molecule has 0 aliphatic carbocycles. The normalized spacial score (nSPS) is 20.3. The van der Waals surface area contributed by atoms with Crippen LogP contribution in [-0.4, -0.2) is 98.7 Å². The highest BCUT2D eigenvalue weighted by Gasteiger charge is 2.44. The predicted octanol–water partition coefficient (Wildman–Crippen LogP) is 12.4. The van der Waals surface area contributed by atoms with Crippen LogP contribution in [0.2, 0.25) is 0 Å². The lowest BCUT2D eigenvalue weighted by atomic mass is 9.98. The van der Waals surface area contributed by atoms with E-state index in [2.05, 4.69) is 19.2 Å². The van der Waals surface area contributed by atoms with Crippen molar-refractivity contribution in [1.82, 2.24) is 5.32 Å². The van der Waals surface area contributed by atoms with E-state index in [1.165, 1.54) is 218 Å². The molecule has 0 saturated carbocycles. The number of unbranched alkanes of at least 4 members (excludes halogenated alkanes) is 38. The number of carbonyl (C=O) groups is 1. The van der Waals surface area contributed by atoms with Crippen molar-refractivity contribution in [2.45, 2.75) is 332 Å². The molecule has 1 rings (SSSR count). The number of amides is 1. The minimum absolute atomic E-state index is 0.250. The van der Waals surface area contributed by atoms with E-state index in [0.29, 0.717) is 6.42 Å². The summed E-state index contributed by atoms with van der Waals surface area (Å²) < 4.78 is 11.2. The molecular weight excluding hydrogens is 819 g/mol. The van der Waals surface area contributed by atoms with Crippen molar-refractivity contribution in [1.29, 1.82) is 0 Å². The van der Waals surface area contributed by atoms with Gasteiger partial charge in [0.2, 0.25) is 5.91 Å². The summed E-state index contributed by atoms with van der Waals surface area (Å²) in [5, 5.41) is 65.5. The smallest absolute Gasteiger partial charge is 0.220 e. The van der Waals surface area contributed by atoms with Crippen molar-refractivity contribution in [3.05, 3.63) is 0 Å². The summed E-state index contributed by atoms with van der Waals surface area (Å²) in [6.45, 7) is 3.65. The minimum atomic E-state index is -1.60. The Balaban J connectivity index is 2.23. The van der Waals surface area contributed by atoms with Crippen LogP contribution >= 0.6 is 0 Å². The van der Waals surface area contributed by atoms with Crippen LogP contribution < -0.4 is 5.32 Å². The largest absolute Gasteiger partial charge is 0.394 e. The molecule has 0 spiro atoms. The Morgan fingerprint density at radius 3 is 1.14 bits per heavy atom. The zero-order valence-corrected chi connectivity index (χ0v) is 42.6. The van der Waals surface area contributed by atoms with Crippen molar-refractivity contribution >= 4 is 5.91 Å². The molecule has 2 unspecified atom stereocenters. The van der Waals surface area contributed by atoms with E-state index in [-0.39, 0.29) is 18.9 Å². The number of hydrogen-bond acceptors (Lipinski definition) is 9. The van der Waals surface area contributed by atoms with Crippen LogP contribution in [0.3, 0.4) is 0 Å². The lowest BCUT2D eigenvalue weighted by Crippen LogP contribution is -2.60. The van der Waals surface area contributed by atoms with Gasteiger partial charge in [0.25, 0.3) is 0 Å². The standard InChI is InChI=1S/C55H109NO9/c1-3-5-7-9-11-13-15-17-19-20-21-22-23-24-25-26-27-28-30-32-34-36-38-40-42-44-50(59)56-47(46-64-55-54(63)53(62)52(61)49(45-57)65-55)51(60)48(58)43-41-39-37-35-33-31-29-18-16-14-12-10-8-6-4-2/h47-49,51-55,57-58,60-63H,3-46H2,1-2H3,(H,56,59)/t47-,48+,49+,51-,52-,53?,54?,55+/m0/s1. The molecule has 1 saturated heterocycles. The second kappa shape index (κ2) is 45.6. The highest BCUT2D eigenvalue weighted by molar-refractivity contribution is 5.76. The van der Waals surface area contributed by atoms with E-state index in [1.807, 2.05) is 0 Å². The summed E-state index contributed by atoms with van der Waals surface area (Å²) in [5.41, 5.74) is 0. The molecule has 388 valence electrons. The van der Waals surface area contributed by atoms with E-state index in [4.69, 9.17) is 9.47 Å². The van der Waals surface area contributed by atoms with Gasteiger partial charge >= 0.3 is 0 Å². The van der Waals surface area contributed by atoms with Crippen LogP contribution in [0, 0.1) is 0 Å². The fourth-order valence-electron chi connectivity index (χ4n) is 9.50. The Hall–Kier alpha value is -0.850. The highest BCUT2D eigenvalue weighted by atomic mass is 16.7. The number of rotatable bonds is 49. The van der Waals surface area contributed by atoms with Gasteiger partial charge in [-0.05, 0) is 12.8 Å². The monoisotopic (exact) mass is 928 g/mol. The van der Waals surface area contributed by atoms with Gasteiger partial charge in [0.15, 0.2) is 6.29 Å². The number of ether oxygens (including phenoxy) is 2. The molecule has 8 atom stereocenters. The topological polar surface area (TPSA) is 169 Å². The molecule has 1 aliphatic rings. The van der Waals surface area contributed by atoms with Gasteiger partial charge in [-0.15, -0.1) is 0 Å². The van der Waals surface area contributed by atoms with Gasteiger partial charge in [-0.1, -0.05) is 264 Å². The third kappa shape index (κ3) is 35.0. The zero-order valence-electron chi connectivity index (χ0n) is 42.6. The average Bonchev–Trinajstić information content (AvgIpc) is 3.31. The summed E-state index contributed by atoms with van der Waals surface area (Å²) >= 11 is 0. The van der Waals surface area contributed by atoms with Gasteiger partial charge in [-0.2, -0.15) is 0 Å². The summed E-state index contributed by atoms with van der Waals surface area (Å²) in [5.74, 6) is -0.250. The number of hydrogen-bond donors (Lipinski definition) is 7. The molecule has 65 heavy (non-hydrogen) atoms. The summed E-state index contributed by atoms with van der Waals surface area (Å²) in [4.78, 5) is 13.1. The Bertz CT molecular complexity index is 1000. The number of aliphatic hydroxyl groups excluding tert-OH is 6. The van der Waals surface area contributed by atoms with Crippen molar-refractivity contribution in [2.75, 3.05) is 13.2 Å². The lowest BCUT2D eigenvalue weighted by Gasteiger charge is -2.40. The lowest BCUT2D eigenvalue weighted by molar-refractivity contribution is -0.303. The third-order valence-corrected chi connectivity index (χ3v) is 14.1. The van der Waals surface area contributed by atoms with Crippen LogP contribution in [0.4, 0.5) is 0 Å². The average molecular weight is 928 g/mol. The second-order valence-corrected chi connectivity index (χ2v) is 20.2. The summed E-state index contributed by atoms with van der Waals surface area (Å²) in [6.07, 6.45) is 42.6. The SMILES string of the molecule is CCCCCCCCCCCCCCCCCCCCCCCCCCCC(=O)N[C@@H](CO[C@@H]1O[C@H](CO)[C@H](O)C(O)C1O)[C@H](O)[C@H](O)CCCCCCCCCCCCCCCCC. The van der Waals surface area contributed by atoms with Crippen LogP contribution in [0.15, 0.2) is 0 Å². The van der Waals surface area contributed by atoms with Crippen LogP contribution in [0.5, 0.6) is 0 Å². The summed E-state index contributed by atoms with van der Waals surface area (Å²) in [7, 11) is 0. The van der Waals surface area contributed by atoms with Gasteiger partial charge in [0.1, 0.15) is 30.5 Å². The quantitative estimate of drug-likeness (QED) is 0.0294. The van der Waals surface area contributed by atoms with E-state index < -0.39 is 55.6 Å². The fourth-order valence-corrected chi connectivity index (χ4v) is 9.50. The molecule has 0 aromatic carbocycles. The molecule has 1 amide bonds. The Kier molecular flexibility index (Phi) is 43.6. The maximum Gasteiger partial charge on any atom is 0.220 e. The molecular formula is C55H109NO9. The van der Waals surface area contributed by atoms with E-state index in [1.54, 1.807) is 0 Å². The number of carbonyl (C=O) groups excluding carboxylic acids is 1. The first-order chi connectivity index (χ1) is 31.8. The van der Waals surface area contributed by atoms with Gasteiger partial charge in [0.05, 0.1) is 25.4 Å². The molecule has 10 nitrogen and oxygen atoms in total. The fraction of sp³-hybridized carbons (Fsp3) is 0.982. The highest BCUT2D eigenvalue weighted by Crippen LogP contribution is 2.23. The molecule has 1 heterocycles. The Labute approximate surface area is 400 Å². The molecule has 1 fully saturated rings. The van der Waals surface area contributed by atoms with Gasteiger partial charge in [0, 0.05) is 6.42 Å². The molecule has 0 radical (unpaired) electrons. The van der Waals surface area contributed by atoms with Crippen LogP contribution in [-0.2, 0) is 14.3 Å². The van der Waals surface area contributed by atoms with Crippen LogP contribution in [0.25, 0.3) is 0 Å². The van der Waals surface area contributed by atoms with Gasteiger partial charge in [-0.3, -0.25) is 4.79 Å². The van der Waals surface area contributed by atoms with Gasteiger partial charge in [-0.25, -0.2) is 0 Å². The van der Waals surface area contributed by atoms with Gasteiger partial charge < -0.3 is 45.4 Å². The van der Waals surface area contributed by atoms with E-state index in [0.717, 1.165) is 38.5 Å². The molecule has 0 aromatic heterocycles. The van der Waals surface area contributed by atoms with Crippen molar-refractivity contribution < 1.29 is 44.9 Å². The zero-order chi connectivity index (χ0) is 47.4. The maximum atomic E-state index is 13.1. The Morgan fingerprint density at radius 1 is 0.477 bits per heavy atom. The molecule has 7 N–H and O–H groups in total. The Morgan fingerprint density at radius 2 is 0.800 bits per heavy atom. The second-order valence-electron chi connectivity index (χ2n) is 20.2. The van der Waals surface area contributed by atoms with E-state index >= 15 is 0 Å². The van der Waals surface area contributed by atoms with Crippen molar-refractivity contribution in [2.24, 2.45) is 0 Å². The molecule has 0 bridgehead atoms. The van der Waals surface area contributed by atoms with Crippen LogP contribution in [0.1, 0.15) is 284 Å². The first-order valence-electron chi connectivity index (χ1n) is 28.3. The maximum absolute atomic E-state index is 13.1. The van der Waals surface area contributed by atoms with E-state index in [9.17, 15) is 35.4 Å². The minimum Gasteiger partial charge on any atom is -0.394 e. The predicted molar refractivity (Wildman–Crippen MR) is 269 cm³/mol. The first-order valence-corrected chi connectivity index (χ1v) is 28.3. The first kappa shape index (κ1) is 62.2. The summed E-state index contributed by atoms with van der Waals surface area (Å²) in [6, 6.07) is -0.986. The van der Waals surface area contributed by atoms with Crippen molar-refractivity contribution in [3.63, 3.8) is 0 Å².